The minimum Gasteiger partial charge on any atom is -0.489 e. The number of aromatic carboxylic acids is 1. The third-order valence-electron chi connectivity index (χ3n) is 2.24. The largest absolute Gasteiger partial charge is 0.489 e. The van der Waals surface area contributed by atoms with Crippen molar-refractivity contribution >= 4 is 21.9 Å². The molecule has 0 aliphatic heterocycles. The van der Waals surface area contributed by atoms with E-state index >= 15 is 0 Å². The second kappa shape index (κ2) is 6.61. The molecule has 0 aromatic heterocycles. The number of carboxylic acids is 1. The second-order valence-corrected chi connectivity index (χ2v) is 4.51. The standard InChI is InChI=1S/C12H15BrO4/c1-8(5-6-16-2)17-11-4-3-9(12(14)15)7-10(11)13/h3-4,7-8H,5-6H2,1-2H3,(H,14,15). The van der Waals surface area contributed by atoms with Gasteiger partial charge in [-0.2, -0.15) is 0 Å². The van der Waals surface area contributed by atoms with Gasteiger partial charge in [-0.15, -0.1) is 0 Å². The first-order valence-corrected chi connectivity index (χ1v) is 6.02. The number of carboxylic acid groups (broad SMARTS) is 1. The zero-order chi connectivity index (χ0) is 12.8. The van der Waals surface area contributed by atoms with Gasteiger partial charge in [0.2, 0.25) is 0 Å². The maximum absolute atomic E-state index is 10.7. The summed E-state index contributed by atoms with van der Waals surface area (Å²) in [6.07, 6.45) is 0.797. The minimum atomic E-state index is -0.954. The van der Waals surface area contributed by atoms with Crippen LogP contribution in [0.3, 0.4) is 0 Å². The summed E-state index contributed by atoms with van der Waals surface area (Å²) in [6.45, 7) is 2.57. The molecule has 94 valence electrons. The fourth-order valence-corrected chi connectivity index (χ4v) is 1.76. The van der Waals surface area contributed by atoms with Crippen LogP contribution in [-0.4, -0.2) is 30.9 Å². The zero-order valence-electron chi connectivity index (χ0n) is 9.77. The number of methoxy groups -OCH3 is 1. The van der Waals surface area contributed by atoms with Gasteiger partial charge in [0.15, 0.2) is 0 Å². The minimum absolute atomic E-state index is 0.0157. The van der Waals surface area contributed by atoms with E-state index in [0.29, 0.717) is 16.8 Å². The Labute approximate surface area is 109 Å². The van der Waals surface area contributed by atoms with Crippen LogP contribution in [-0.2, 0) is 4.74 Å². The van der Waals surface area contributed by atoms with Crippen LogP contribution in [0.25, 0.3) is 0 Å². The summed E-state index contributed by atoms with van der Waals surface area (Å²) in [4.78, 5) is 10.7. The molecular formula is C12H15BrO4. The quantitative estimate of drug-likeness (QED) is 0.878. The molecule has 4 nitrogen and oxygen atoms in total. The van der Waals surface area contributed by atoms with Crippen molar-refractivity contribution in [3.8, 4) is 5.75 Å². The first kappa shape index (κ1) is 14.0. The van der Waals surface area contributed by atoms with Crippen LogP contribution in [0.1, 0.15) is 23.7 Å². The number of benzene rings is 1. The Morgan fingerprint density at radius 2 is 2.24 bits per heavy atom. The number of ether oxygens (including phenoxy) is 2. The molecule has 1 unspecified atom stereocenters. The van der Waals surface area contributed by atoms with Gasteiger partial charge in [0.1, 0.15) is 5.75 Å². The number of hydrogen-bond donors (Lipinski definition) is 1. The Kier molecular flexibility index (Phi) is 5.44. The topological polar surface area (TPSA) is 55.8 Å². The fourth-order valence-electron chi connectivity index (χ4n) is 1.29. The first-order chi connectivity index (χ1) is 8.04. The van der Waals surface area contributed by atoms with Crippen molar-refractivity contribution in [3.63, 3.8) is 0 Å². The highest BCUT2D eigenvalue weighted by Crippen LogP contribution is 2.27. The highest BCUT2D eigenvalue weighted by atomic mass is 79.9. The Morgan fingerprint density at radius 3 is 2.76 bits per heavy atom. The lowest BCUT2D eigenvalue weighted by atomic mass is 10.2. The van der Waals surface area contributed by atoms with Crippen LogP contribution in [0.5, 0.6) is 5.75 Å². The third kappa shape index (κ3) is 4.36. The molecule has 0 fully saturated rings. The molecular weight excluding hydrogens is 288 g/mol. The van der Waals surface area contributed by atoms with Crippen LogP contribution in [0.2, 0.25) is 0 Å². The Bertz CT molecular complexity index is 392. The SMILES string of the molecule is COCCC(C)Oc1ccc(C(=O)O)cc1Br. The molecule has 1 atom stereocenters. The van der Waals surface area contributed by atoms with Crippen LogP contribution < -0.4 is 4.74 Å². The average molecular weight is 303 g/mol. The van der Waals surface area contributed by atoms with E-state index in [1.165, 1.54) is 12.1 Å². The summed E-state index contributed by atoms with van der Waals surface area (Å²) >= 11 is 3.29. The molecule has 1 rings (SSSR count). The molecule has 1 aromatic rings. The van der Waals surface area contributed by atoms with E-state index in [9.17, 15) is 4.79 Å². The highest BCUT2D eigenvalue weighted by Gasteiger charge is 2.10. The summed E-state index contributed by atoms with van der Waals surface area (Å²) in [7, 11) is 1.64. The maximum atomic E-state index is 10.7. The van der Waals surface area contributed by atoms with Crippen LogP contribution in [0, 0.1) is 0 Å². The Morgan fingerprint density at radius 1 is 1.53 bits per heavy atom. The third-order valence-corrected chi connectivity index (χ3v) is 2.86. The van der Waals surface area contributed by atoms with Gasteiger partial charge in [-0.25, -0.2) is 4.79 Å². The fraction of sp³-hybridized carbons (Fsp3) is 0.417. The number of rotatable bonds is 6. The van der Waals surface area contributed by atoms with Crippen molar-refractivity contribution in [2.24, 2.45) is 0 Å². The second-order valence-electron chi connectivity index (χ2n) is 3.66. The lowest BCUT2D eigenvalue weighted by Gasteiger charge is -2.15. The molecule has 0 heterocycles. The van der Waals surface area contributed by atoms with Crippen LogP contribution in [0.15, 0.2) is 22.7 Å². The van der Waals surface area contributed by atoms with Crippen molar-refractivity contribution in [1.82, 2.24) is 0 Å². The van der Waals surface area contributed by atoms with E-state index in [1.807, 2.05) is 6.92 Å². The number of hydrogen-bond acceptors (Lipinski definition) is 3. The predicted molar refractivity (Wildman–Crippen MR) is 67.7 cm³/mol. The summed E-state index contributed by atoms with van der Waals surface area (Å²) < 4.78 is 11.3. The van der Waals surface area contributed by atoms with Gasteiger partial charge in [0.25, 0.3) is 0 Å². The van der Waals surface area contributed by atoms with E-state index in [-0.39, 0.29) is 11.7 Å². The Hall–Kier alpha value is -1.07. The average Bonchev–Trinajstić information content (AvgIpc) is 2.28. The molecule has 17 heavy (non-hydrogen) atoms. The number of carbonyl (C=O) groups is 1. The molecule has 0 saturated carbocycles. The van der Waals surface area contributed by atoms with Gasteiger partial charge in [-0.05, 0) is 41.1 Å². The molecule has 1 N–H and O–H groups in total. The van der Waals surface area contributed by atoms with E-state index in [2.05, 4.69) is 15.9 Å². The monoisotopic (exact) mass is 302 g/mol. The molecule has 0 spiro atoms. The lowest BCUT2D eigenvalue weighted by molar-refractivity contribution is 0.0696. The molecule has 0 bridgehead atoms. The molecule has 0 aliphatic carbocycles. The van der Waals surface area contributed by atoms with Crippen molar-refractivity contribution in [3.05, 3.63) is 28.2 Å². The molecule has 0 radical (unpaired) electrons. The van der Waals surface area contributed by atoms with Gasteiger partial charge in [-0.1, -0.05) is 0 Å². The lowest BCUT2D eigenvalue weighted by Crippen LogP contribution is -2.14. The summed E-state index contributed by atoms with van der Waals surface area (Å²) in [6, 6.07) is 4.70. The molecule has 0 aliphatic rings. The van der Waals surface area contributed by atoms with Gasteiger partial charge < -0.3 is 14.6 Å². The summed E-state index contributed by atoms with van der Waals surface area (Å²) in [5, 5.41) is 8.82. The highest BCUT2D eigenvalue weighted by molar-refractivity contribution is 9.10. The van der Waals surface area contributed by atoms with Crippen molar-refractivity contribution in [1.29, 1.82) is 0 Å². The smallest absolute Gasteiger partial charge is 0.335 e. The number of halogens is 1. The predicted octanol–water partition coefficient (Wildman–Crippen LogP) is 2.95. The van der Waals surface area contributed by atoms with Crippen molar-refractivity contribution in [2.75, 3.05) is 13.7 Å². The van der Waals surface area contributed by atoms with E-state index in [4.69, 9.17) is 14.6 Å². The molecule has 0 saturated heterocycles. The van der Waals surface area contributed by atoms with Crippen molar-refractivity contribution in [2.45, 2.75) is 19.4 Å². The van der Waals surface area contributed by atoms with Gasteiger partial charge in [0, 0.05) is 20.1 Å². The van der Waals surface area contributed by atoms with Crippen LogP contribution >= 0.6 is 15.9 Å². The summed E-state index contributed by atoms with van der Waals surface area (Å²) in [5.41, 5.74) is 0.230. The zero-order valence-corrected chi connectivity index (χ0v) is 11.4. The maximum Gasteiger partial charge on any atom is 0.335 e. The van der Waals surface area contributed by atoms with Crippen LogP contribution in [0.4, 0.5) is 0 Å². The van der Waals surface area contributed by atoms with Gasteiger partial charge in [0.05, 0.1) is 16.1 Å². The van der Waals surface area contributed by atoms with E-state index < -0.39 is 5.97 Å². The Balaban J connectivity index is 2.69. The molecule has 1 aromatic carbocycles. The first-order valence-electron chi connectivity index (χ1n) is 5.23. The van der Waals surface area contributed by atoms with Gasteiger partial charge >= 0.3 is 5.97 Å². The van der Waals surface area contributed by atoms with E-state index in [1.54, 1.807) is 13.2 Å². The summed E-state index contributed by atoms with van der Waals surface area (Å²) in [5.74, 6) is -0.316. The molecule has 5 heteroatoms. The van der Waals surface area contributed by atoms with E-state index in [0.717, 1.165) is 6.42 Å². The van der Waals surface area contributed by atoms with Crippen molar-refractivity contribution < 1.29 is 19.4 Å². The molecule has 0 amide bonds. The van der Waals surface area contributed by atoms with Gasteiger partial charge in [-0.3, -0.25) is 0 Å². The normalized spacial score (nSPS) is 12.2.